The van der Waals surface area contributed by atoms with Crippen LogP contribution in [0.15, 0.2) is 47.8 Å². The molecule has 0 radical (unpaired) electrons. The van der Waals surface area contributed by atoms with Crippen LogP contribution in [0, 0.1) is 6.92 Å². The molecule has 0 fully saturated rings. The van der Waals surface area contributed by atoms with Crippen molar-refractivity contribution in [1.29, 1.82) is 0 Å². The Morgan fingerprint density at radius 1 is 1.05 bits per heavy atom. The van der Waals surface area contributed by atoms with Gasteiger partial charge in [-0.05, 0) is 52.9 Å². The third-order valence-electron chi connectivity index (χ3n) is 3.44. The van der Waals surface area contributed by atoms with Crippen LogP contribution >= 0.6 is 11.3 Å². The van der Waals surface area contributed by atoms with Crippen LogP contribution in [0.3, 0.4) is 0 Å². The van der Waals surface area contributed by atoms with Crippen LogP contribution in [0.1, 0.15) is 11.1 Å². The van der Waals surface area contributed by atoms with Gasteiger partial charge in [0.15, 0.2) is 0 Å². The molecule has 3 aromatic rings. The van der Waals surface area contributed by atoms with Crippen molar-refractivity contribution in [2.45, 2.75) is 13.5 Å². The Labute approximate surface area is 117 Å². The summed E-state index contributed by atoms with van der Waals surface area (Å²) in [6.45, 7) is 3.10. The lowest BCUT2D eigenvalue weighted by Gasteiger charge is -2.07. The first-order chi connectivity index (χ1) is 9.29. The van der Waals surface area contributed by atoms with E-state index in [4.69, 9.17) is 0 Å². The summed E-state index contributed by atoms with van der Waals surface area (Å²) in [5.41, 5.74) is 4.03. The number of hydrogen-bond donors (Lipinski definition) is 1. The zero-order valence-electron chi connectivity index (χ0n) is 11.2. The third-order valence-corrected chi connectivity index (χ3v) is 4.45. The summed E-state index contributed by atoms with van der Waals surface area (Å²) < 4.78 is 0. The topological polar surface area (TPSA) is 12.0 Å². The molecule has 0 saturated carbocycles. The maximum Gasteiger partial charge on any atom is 0.0352 e. The number of aryl methyl sites for hydroxylation is 1. The van der Waals surface area contributed by atoms with E-state index in [1.165, 1.54) is 32.3 Å². The molecule has 0 spiro atoms. The van der Waals surface area contributed by atoms with Gasteiger partial charge in [0, 0.05) is 11.4 Å². The van der Waals surface area contributed by atoms with Gasteiger partial charge in [0.05, 0.1) is 0 Å². The molecule has 1 nitrogen and oxygen atoms in total. The molecule has 96 valence electrons. The average Bonchev–Trinajstić information content (AvgIpc) is 2.88. The van der Waals surface area contributed by atoms with Crippen molar-refractivity contribution < 1.29 is 0 Å². The Bertz CT molecular complexity index is 712. The number of hydrogen-bond acceptors (Lipinski definition) is 2. The Hall–Kier alpha value is -1.64. The molecule has 0 aliphatic heterocycles. The van der Waals surface area contributed by atoms with E-state index in [0.717, 1.165) is 6.54 Å². The fourth-order valence-electron chi connectivity index (χ4n) is 2.48. The monoisotopic (exact) mass is 267 g/mol. The van der Waals surface area contributed by atoms with Crippen LogP contribution < -0.4 is 5.32 Å². The molecule has 1 heterocycles. The molecule has 0 aliphatic carbocycles. The normalized spacial score (nSPS) is 11.1. The maximum atomic E-state index is 3.20. The van der Waals surface area contributed by atoms with E-state index in [9.17, 15) is 0 Å². The molecule has 2 aromatic carbocycles. The second-order valence-corrected chi connectivity index (χ2v) is 5.74. The van der Waals surface area contributed by atoms with Crippen molar-refractivity contribution in [1.82, 2.24) is 5.32 Å². The lowest BCUT2D eigenvalue weighted by molar-refractivity contribution is 0.821. The lowest BCUT2D eigenvalue weighted by atomic mass is 9.99. The van der Waals surface area contributed by atoms with Crippen molar-refractivity contribution in [2.75, 3.05) is 7.05 Å². The summed E-state index contributed by atoms with van der Waals surface area (Å²) in [4.78, 5) is 1.35. The summed E-state index contributed by atoms with van der Waals surface area (Å²) in [7, 11) is 1.98. The average molecular weight is 267 g/mol. The Kier molecular flexibility index (Phi) is 3.36. The first kappa shape index (κ1) is 12.4. The number of nitrogens with one attached hydrogen (secondary N) is 1. The Morgan fingerprint density at radius 3 is 2.63 bits per heavy atom. The molecule has 0 unspecified atom stereocenters. The molecule has 0 saturated heterocycles. The van der Waals surface area contributed by atoms with Crippen LogP contribution in [0.2, 0.25) is 0 Å². The summed E-state index contributed by atoms with van der Waals surface area (Å²) in [6.07, 6.45) is 0. The van der Waals surface area contributed by atoms with Gasteiger partial charge in [0.25, 0.3) is 0 Å². The van der Waals surface area contributed by atoms with Gasteiger partial charge in [0.2, 0.25) is 0 Å². The van der Waals surface area contributed by atoms with Gasteiger partial charge in [0.1, 0.15) is 0 Å². The molecule has 0 atom stereocenters. The summed E-state index contributed by atoms with van der Waals surface area (Å²) in [5.74, 6) is 0. The molecule has 0 bridgehead atoms. The quantitative estimate of drug-likeness (QED) is 0.731. The highest BCUT2D eigenvalue weighted by molar-refractivity contribution is 7.13. The van der Waals surface area contributed by atoms with Crippen molar-refractivity contribution in [3.05, 3.63) is 59.0 Å². The van der Waals surface area contributed by atoms with Crippen molar-refractivity contribution in [3.63, 3.8) is 0 Å². The largest absolute Gasteiger partial charge is 0.316 e. The van der Waals surface area contributed by atoms with Crippen molar-refractivity contribution in [2.24, 2.45) is 0 Å². The van der Waals surface area contributed by atoms with Gasteiger partial charge >= 0.3 is 0 Å². The van der Waals surface area contributed by atoms with E-state index >= 15 is 0 Å². The van der Waals surface area contributed by atoms with Gasteiger partial charge in [-0.15, -0.1) is 11.3 Å². The smallest absolute Gasteiger partial charge is 0.0352 e. The molecule has 1 N–H and O–H groups in total. The van der Waals surface area contributed by atoms with Gasteiger partial charge in [-0.25, -0.2) is 0 Å². The van der Waals surface area contributed by atoms with Gasteiger partial charge in [-0.2, -0.15) is 0 Å². The molecule has 19 heavy (non-hydrogen) atoms. The SMILES string of the molecule is CNCc1csc(-c2ccc(C)c3ccccc23)c1. The van der Waals surface area contributed by atoms with Crippen LogP contribution in [-0.4, -0.2) is 7.05 Å². The Balaban J connectivity index is 2.16. The van der Waals surface area contributed by atoms with Crippen LogP contribution in [-0.2, 0) is 6.54 Å². The molecule has 3 rings (SSSR count). The fraction of sp³-hybridized carbons (Fsp3) is 0.176. The van der Waals surface area contributed by atoms with Gasteiger partial charge < -0.3 is 5.32 Å². The minimum Gasteiger partial charge on any atom is -0.316 e. The number of rotatable bonds is 3. The van der Waals surface area contributed by atoms with E-state index in [1.807, 2.05) is 18.4 Å². The molecule has 1 aromatic heterocycles. The zero-order valence-corrected chi connectivity index (χ0v) is 12.1. The molecular weight excluding hydrogens is 250 g/mol. The van der Waals surface area contributed by atoms with Crippen LogP contribution in [0.4, 0.5) is 0 Å². The van der Waals surface area contributed by atoms with E-state index in [0.29, 0.717) is 0 Å². The summed E-state index contributed by atoms with van der Waals surface area (Å²) in [5, 5.41) is 8.14. The number of fused-ring (bicyclic) bond motifs is 1. The minimum absolute atomic E-state index is 0.931. The fourth-order valence-corrected chi connectivity index (χ4v) is 3.43. The molecular formula is C17H17NS. The zero-order chi connectivity index (χ0) is 13.2. The van der Waals surface area contributed by atoms with E-state index in [2.05, 4.69) is 60.1 Å². The first-order valence-corrected chi connectivity index (χ1v) is 7.38. The summed E-state index contributed by atoms with van der Waals surface area (Å²) in [6, 6.07) is 15.4. The maximum absolute atomic E-state index is 3.20. The predicted octanol–water partition coefficient (Wildman–Crippen LogP) is 4.60. The first-order valence-electron chi connectivity index (χ1n) is 6.50. The van der Waals surface area contributed by atoms with Gasteiger partial charge in [-0.3, -0.25) is 0 Å². The highest BCUT2D eigenvalue weighted by Gasteiger charge is 2.07. The van der Waals surface area contributed by atoms with Crippen molar-refractivity contribution >= 4 is 22.1 Å². The van der Waals surface area contributed by atoms with Crippen LogP contribution in [0.25, 0.3) is 21.2 Å². The number of benzene rings is 2. The standard InChI is InChI=1S/C17H17NS/c1-12-7-8-16(15-6-4-3-5-14(12)15)17-9-13(10-18-2)11-19-17/h3-9,11,18H,10H2,1-2H3. The molecule has 2 heteroatoms. The Morgan fingerprint density at radius 2 is 1.84 bits per heavy atom. The van der Waals surface area contributed by atoms with Gasteiger partial charge in [-0.1, -0.05) is 36.4 Å². The molecule has 0 aliphatic rings. The predicted molar refractivity (Wildman–Crippen MR) is 84.8 cm³/mol. The van der Waals surface area contributed by atoms with E-state index < -0.39 is 0 Å². The highest BCUT2D eigenvalue weighted by atomic mass is 32.1. The van der Waals surface area contributed by atoms with E-state index in [-0.39, 0.29) is 0 Å². The van der Waals surface area contributed by atoms with Crippen molar-refractivity contribution in [3.8, 4) is 10.4 Å². The second kappa shape index (κ2) is 5.16. The second-order valence-electron chi connectivity index (χ2n) is 4.83. The molecule has 0 amide bonds. The summed E-state index contributed by atoms with van der Waals surface area (Å²) >= 11 is 1.82. The van der Waals surface area contributed by atoms with E-state index in [1.54, 1.807) is 0 Å². The lowest BCUT2D eigenvalue weighted by Crippen LogP contribution is -2.03. The number of thiophene rings is 1. The van der Waals surface area contributed by atoms with Crippen LogP contribution in [0.5, 0.6) is 0 Å². The highest BCUT2D eigenvalue weighted by Crippen LogP contribution is 2.34. The minimum atomic E-state index is 0.931. The third kappa shape index (κ3) is 2.29.